The fraction of sp³-hybridized carbons (Fsp3) is 0.0435. The lowest BCUT2D eigenvalue weighted by atomic mass is 10.0. The lowest BCUT2D eigenvalue weighted by Crippen LogP contribution is -1.87. The third kappa shape index (κ3) is 4.04. The van der Waals surface area contributed by atoms with Crippen molar-refractivity contribution < 1.29 is 0 Å². The molecule has 1 N–H and O–H groups in total. The van der Waals surface area contributed by atoms with E-state index in [9.17, 15) is 5.26 Å². The second-order valence-electron chi connectivity index (χ2n) is 6.25. The van der Waals surface area contributed by atoms with E-state index < -0.39 is 0 Å². The molecule has 4 aromatic rings. The highest BCUT2D eigenvalue weighted by Gasteiger charge is 2.11. The second-order valence-corrected chi connectivity index (χ2v) is 8.18. The van der Waals surface area contributed by atoms with Gasteiger partial charge in [0.1, 0.15) is 0 Å². The number of hydrogen-bond donors (Lipinski definition) is 1. The Labute approximate surface area is 176 Å². The molecule has 2 heterocycles. The number of nitrogens with zero attached hydrogens (tertiary/aromatic N) is 2. The van der Waals surface area contributed by atoms with Gasteiger partial charge in [0.2, 0.25) is 0 Å². The molecule has 0 fully saturated rings. The predicted molar refractivity (Wildman–Crippen MR) is 120 cm³/mol. The van der Waals surface area contributed by atoms with Gasteiger partial charge in [-0.1, -0.05) is 46.3 Å². The number of benzene rings is 2. The van der Waals surface area contributed by atoms with Gasteiger partial charge in [-0.3, -0.25) is 4.98 Å². The Morgan fingerprint density at radius 1 is 1.18 bits per heavy atom. The van der Waals surface area contributed by atoms with Crippen LogP contribution in [0.15, 0.2) is 82.6 Å². The topological polar surface area (TPSA) is 52.5 Å². The van der Waals surface area contributed by atoms with E-state index in [1.54, 1.807) is 18.0 Å². The Kier molecular flexibility index (Phi) is 5.61. The van der Waals surface area contributed by atoms with Gasteiger partial charge in [0.15, 0.2) is 0 Å². The normalized spacial score (nSPS) is 11.5. The van der Waals surface area contributed by atoms with Crippen molar-refractivity contribution in [2.45, 2.75) is 10.6 Å². The summed E-state index contributed by atoms with van der Waals surface area (Å²) in [5.41, 5.74) is 4.72. The molecule has 0 amide bonds. The number of hydrogen-bond acceptors (Lipinski definition) is 3. The average Bonchev–Trinajstić information content (AvgIpc) is 3.15. The molecular formula is C23H16BrN3S. The van der Waals surface area contributed by atoms with Crippen molar-refractivity contribution in [2.24, 2.45) is 0 Å². The van der Waals surface area contributed by atoms with Crippen LogP contribution in [-0.4, -0.2) is 9.97 Å². The van der Waals surface area contributed by atoms with Crippen molar-refractivity contribution in [3.05, 3.63) is 94.4 Å². The maximum atomic E-state index is 9.82. The van der Waals surface area contributed by atoms with E-state index in [0.717, 1.165) is 37.2 Å². The maximum absolute atomic E-state index is 9.82. The zero-order valence-corrected chi connectivity index (χ0v) is 17.3. The molecule has 2 aromatic carbocycles. The summed E-state index contributed by atoms with van der Waals surface area (Å²) in [5, 5.41) is 10.8. The third-order valence-corrected chi connectivity index (χ3v) is 6.06. The summed E-state index contributed by atoms with van der Waals surface area (Å²) in [6.45, 7) is 0. The molecule has 0 atom stereocenters. The van der Waals surface area contributed by atoms with Crippen LogP contribution in [-0.2, 0) is 5.75 Å². The summed E-state index contributed by atoms with van der Waals surface area (Å²) in [6, 6.07) is 20.7. The molecule has 0 saturated carbocycles. The number of fused-ring (bicyclic) bond motifs is 1. The minimum Gasteiger partial charge on any atom is -0.361 e. The number of pyridine rings is 1. The van der Waals surface area contributed by atoms with Crippen molar-refractivity contribution in [3.63, 3.8) is 0 Å². The van der Waals surface area contributed by atoms with Crippen LogP contribution in [0.1, 0.15) is 16.7 Å². The van der Waals surface area contributed by atoms with E-state index in [1.165, 1.54) is 5.56 Å². The number of nitrogens with one attached hydrogen (secondary N) is 1. The van der Waals surface area contributed by atoms with E-state index >= 15 is 0 Å². The van der Waals surface area contributed by atoms with Crippen LogP contribution in [0.25, 0.3) is 22.6 Å². The van der Waals surface area contributed by atoms with Gasteiger partial charge in [0, 0.05) is 55.7 Å². The first kappa shape index (κ1) is 18.5. The second kappa shape index (κ2) is 8.47. The van der Waals surface area contributed by atoms with Gasteiger partial charge < -0.3 is 4.98 Å². The minimum absolute atomic E-state index is 0.610. The minimum atomic E-state index is 0.610. The highest BCUT2D eigenvalue weighted by molar-refractivity contribution is 9.10. The lowest BCUT2D eigenvalue weighted by Gasteiger charge is -2.06. The van der Waals surface area contributed by atoms with Gasteiger partial charge in [-0.05, 0) is 35.9 Å². The first-order valence-corrected chi connectivity index (χ1v) is 10.5. The molecule has 0 saturated heterocycles. The van der Waals surface area contributed by atoms with Gasteiger partial charge in [-0.2, -0.15) is 5.26 Å². The van der Waals surface area contributed by atoms with Crippen LogP contribution in [0, 0.1) is 11.3 Å². The number of H-pyrrole nitrogens is 1. The van der Waals surface area contributed by atoms with Gasteiger partial charge >= 0.3 is 0 Å². The predicted octanol–water partition coefficient (Wildman–Crippen LogP) is 6.68. The van der Waals surface area contributed by atoms with Crippen LogP contribution in [0.5, 0.6) is 0 Å². The molecule has 0 aliphatic heterocycles. The molecule has 5 heteroatoms. The van der Waals surface area contributed by atoms with E-state index in [4.69, 9.17) is 0 Å². The zero-order valence-electron chi connectivity index (χ0n) is 14.9. The number of thioether (sulfide) groups is 1. The van der Waals surface area contributed by atoms with Gasteiger partial charge in [-0.25, -0.2) is 0 Å². The molecule has 0 aliphatic rings. The molecule has 0 unspecified atom stereocenters. The smallest absolute Gasteiger partial charge is 0.0998 e. The van der Waals surface area contributed by atoms with E-state index in [2.05, 4.69) is 44.1 Å². The summed E-state index contributed by atoms with van der Waals surface area (Å²) < 4.78 is 0.985. The number of aromatic amines is 1. The summed E-state index contributed by atoms with van der Waals surface area (Å²) in [6.07, 6.45) is 7.41. The molecule has 3 nitrogen and oxygen atoms in total. The van der Waals surface area contributed by atoms with E-state index in [0.29, 0.717) is 5.57 Å². The summed E-state index contributed by atoms with van der Waals surface area (Å²) in [4.78, 5) is 8.61. The molecule has 0 aliphatic carbocycles. The molecule has 0 spiro atoms. The Morgan fingerprint density at radius 2 is 2.04 bits per heavy atom. The fourth-order valence-electron chi connectivity index (χ4n) is 3.01. The first-order chi connectivity index (χ1) is 13.7. The zero-order chi connectivity index (χ0) is 19.3. The average molecular weight is 446 g/mol. The Hall–Kier alpha value is -2.81. The first-order valence-electron chi connectivity index (χ1n) is 8.74. The summed E-state index contributed by atoms with van der Waals surface area (Å²) >= 11 is 5.26. The summed E-state index contributed by atoms with van der Waals surface area (Å²) in [5.74, 6) is 0.869. The van der Waals surface area contributed by atoms with Crippen LogP contribution in [0.2, 0.25) is 0 Å². The highest BCUT2D eigenvalue weighted by atomic mass is 79.9. The van der Waals surface area contributed by atoms with Crippen LogP contribution >= 0.6 is 27.7 Å². The maximum Gasteiger partial charge on any atom is 0.0998 e. The van der Waals surface area contributed by atoms with Gasteiger partial charge in [0.25, 0.3) is 0 Å². The molecule has 0 bridgehead atoms. The SMILES string of the molecule is N#CC(=Cc1cnccc1SCc1ccccc1)c1c[nH]c2ccc(Br)cc12. The molecule has 136 valence electrons. The molecule has 28 heavy (non-hydrogen) atoms. The quantitative estimate of drug-likeness (QED) is 0.275. The molecular weight excluding hydrogens is 430 g/mol. The number of nitriles is 1. The fourth-order valence-corrected chi connectivity index (χ4v) is 4.32. The van der Waals surface area contributed by atoms with Crippen molar-refractivity contribution in [1.82, 2.24) is 9.97 Å². The number of rotatable bonds is 5. The van der Waals surface area contributed by atoms with E-state index in [1.807, 2.05) is 60.9 Å². The largest absolute Gasteiger partial charge is 0.361 e. The standard InChI is InChI=1S/C23H16BrN3S/c24-19-6-7-22-20(11-19)21(14-27-22)17(12-25)10-18-13-26-9-8-23(18)28-15-16-4-2-1-3-5-16/h1-11,13-14,27H,15H2. The third-order valence-electron chi connectivity index (χ3n) is 4.40. The van der Waals surface area contributed by atoms with Crippen molar-refractivity contribution in [3.8, 4) is 6.07 Å². The monoisotopic (exact) mass is 445 g/mol. The number of allylic oxidation sites excluding steroid dienone is 1. The van der Waals surface area contributed by atoms with Crippen molar-refractivity contribution in [2.75, 3.05) is 0 Å². The summed E-state index contributed by atoms with van der Waals surface area (Å²) in [7, 11) is 0. The van der Waals surface area contributed by atoms with E-state index in [-0.39, 0.29) is 0 Å². The van der Waals surface area contributed by atoms with Crippen molar-refractivity contribution >= 4 is 50.2 Å². The van der Waals surface area contributed by atoms with Gasteiger partial charge in [0.05, 0.1) is 11.6 Å². The Morgan fingerprint density at radius 3 is 2.86 bits per heavy atom. The van der Waals surface area contributed by atoms with Crippen LogP contribution in [0.3, 0.4) is 0 Å². The molecule has 0 radical (unpaired) electrons. The molecule has 2 aromatic heterocycles. The van der Waals surface area contributed by atoms with Crippen LogP contribution in [0.4, 0.5) is 0 Å². The highest BCUT2D eigenvalue weighted by Crippen LogP contribution is 2.31. The molecule has 4 rings (SSSR count). The van der Waals surface area contributed by atoms with Gasteiger partial charge in [-0.15, -0.1) is 11.8 Å². The van der Waals surface area contributed by atoms with Crippen LogP contribution < -0.4 is 0 Å². The lowest BCUT2D eigenvalue weighted by molar-refractivity contribution is 1.24. The Bertz CT molecular complexity index is 1190. The number of halogens is 1. The number of aromatic nitrogens is 2. The Balaban J connectivity index is 1.69. The van der Waals surface area contributed by atoms with Crippen molar-refractivity contribution in [1.29, 1.82) is 5.26 Å².